The largest absolute Gasteiger partial charge is 0.383 e. The Hall–Kier alpha value is -2.42. The Morgan fingerprint density at radius 3 is 3.08 bits per heavy atom. The Labute approximate surface area is 146 Å². The van der Waals surface area contributed by atoms with Crippen LogP contribution < -0.4 is 10.6 Å². The van der Waals surface area contributed by atoms with Crippen molar-refractivity contribution in [1.82, 2.24) is 30.3 Å². The average Bonchev–Trinajstić information content (AvgIpc) is 3.20. The molecule has 3 N–H and O–H groups in total. The van der Waals surface area contributed by atoms with Crippen molar-refractivity contribution in [2.75, 3.05) is 19.0 Å². The minimum Gasteiger partial charge on any atom is -0.383 e. The van der Waals surface area contributed by atoms with Crippen LogP contribution in [0.25, 0.3) is 0 Å². The van der Waals surface area contributed by atoms with Crippen molar-refractivity contribution in [3.05, 3.63) is 23.3 Å². The normalized spacial score (nSPS) is 16.7. The fraction of sp³-hybridized carbons (Fsp3) is 0.625. The summed E-state index contributed by atoms with van der Waals surface area (Å²) in [5, 5.41) is 17.1. The van der Waals surface area contributed by atoms with E-state index in [0.717, 1.165) is 30.8 Å². The molecule has 0 radical (unpaired) electrons. The number of ether oxygens (including phenoxy) is 1. The summed E-state index contributed by atoms with van der Waals surface area (Å²) >= 11 is 0. The average molecular weight is 347 g/mol. The smallest absolute Gasteiger partial charge is 0.322 e. The second-order valence-electron chi connectivity index (χ2n) is 6.54. The molecule has 0 saturated heterocycles. The molecular weight excluding hydrogens is 322 g/mol. The minimum atomic E-state index is -0.321. The number of nitrogens with zero attached hydrogens (tertiary/aromatic N) is 4. The van der Waals surface area contributed by atoms with Crippen molar-refractivity contribution in [3.63, 3.8) is 0 Å². The Morgan fingerprint density at radius 1 is 1.52 bits per heavy atom. The molecule has 1 aliphatic rings. The lowest BCUT2D eigenvalue weighted by Gasteiger charge is -2.21. The van der Waals surface area contributed by atoms with E-state index in [1.165, 1.54) is 5.56 Å². The summed E-state index contributed by atoms with van der Waals surface area (Å²) in [6.45, 7) is 5.33. The monoisotopic (exact) mass is 347 g/mol. The van der Waals surface area contributed by atoms with Crippen LogP contribution in [0, 0.1) is 0 Å². The first-order valence-corrected chi connectivity index (χ1v) is 8.61. The van der Waals surface area contributed by atoms with E-state index in [-0.39, 0.29) is 23.9 Å². The summed E-state index contributed by atoms with van der Waals surface area (Å²) in [7, 11) is 1.67. The van der Waals surface area contributed by atoms with E-state index in [1.54, 1.807) is 7.11 Å². The number of H-pyrrole nitrogens is 1. The molecule has 9 nitrogen and oxygen atoms in total. The number of aromatic nitrogens is 5. The van der Waals surface area contributed by atoms with Gasteiger partial charge in [0.25, 0.3) is 0 Å². The summed E-state index contributed by atoms with van der Waals surface area (Å²) in [4.78, 5) is 16.5. The topological polar surface area (TPSA) is 110 Å². The molecule has 0 aromatic carbocycles. The molecule has 1 atom stereocenters. The lowest BCUT2D eigenvalue weighted by atomic mass is 9.94. The number of fused-ring (bicyclic) bond motifs is 1. The number of carbonyl (C=O) groups excluding carboxylic acids is 1. The van der Waals surface area contributed by atoms with Gasteiger partial charge in [0.2, 0.25) is 5.95 Å². The fourth-order valence-electron chi connectivity index (χ4n) is 2.92. The molecule has 2 aromatic heterocycles. The SMILES string of the molecule is COCCn1cc2c(n1)C(NC(=O)Nc1n[nH]c(C(C)C)n1)CCC2. The number of nitrogens with one attached hydrogen (secondary N) is 3. The summed E-state index contributed by atoms with van der Waals surface area (Å²) in [6.07, 6.45) is 4.92. The van der Waals surface area contributed by atoms with E-state index >= 15 is 0 Å². The van der Waals surface area contributed by atoms with Crippen molar-refractivity contribution in [1.29, 1.82) is 0 Å². The van der Waals surface area contributed by atoms with Gasteiger partial charge in [0.05, 0.1) is 24.9 Å². The standard InChI is InChI=1S/C16H25N7O2/c1-10(2)14-18-15(21-20-14)19-16(24)17-12-6-4-5-11-9-23(7-8-25-3)22-13(11)12/h9-10,12H,4-8H2,1-3H3,(H3,17,18,19,20,21,24). The van der Waals surface area contributed by atoms with E-state index in [1.807, 2.05) is 24.7 Å². The quantitative estimate of drug-likeness (QED) is 0.740. The maximum Gasteiger partial charge on any atom is 0.322 e. The zero-order chi connectivity index (χ0) is 17.8. The van der Waals surface area contributed by atoms with Crippen LogP contribution in [-0.2, 0) is 17.7 Å². The second-order valence-corrected chi connectivity index (χ2v) is 6.54. The lowest BCUT2D eigenvalue weighted by molar-refractivity contribution is 0.183. The van der Waals surface area contributed by atoms with Gasteiger partial charge in [-0.25, -0.2) is 4.79 Å². The van der Waals surface area contributed by atoms with E-state index in [4.69, 9.17) is 4.74 Å². The van der Waals surface area contributed by atoms with Gasteiger partial charge in [0.15, 0.2) is 0 Å². The molecule has 1 aliphatic carbocycles. The Balaban J connectivity index is 1.63. The number of hydrogen-bond acceptors (Lipinski definition) is 5. The molecule has 0 bridgehead atoms. The molecule has 0 saturated carbocycles. The predicted octanol–water partition coefficient (Wildman–Crippen LogP) is 1.97. The van der Waals surface area contributed by atoms with Crippen molar-refractivity contribution in [2.24, 2.45) is 0 Å². The molecule has 2 aromatic rings. The number of anilines is 1. The van der Waals surface area contributed by atoms with Crippen LogP contribution in [0.5, 0.6) is 0 Å². The van der Waals surface area contributed by atoms with E-state index in [9.17, 15) is 4.79 Å². The Morgan fingerprint density at radius 2 is 2.36 bits per heavy atom. The minimum absolute atomic E-state index is 0.101. The van der Waals surface area contributed by atoms with Gasteiger partial charge in [-0.1, -0.05) is 13.8 Å². The Kier molecular flexibility index (Phi) is 5.32. The summed E-state index contributed by atoms with van der Waals surface area (Å²) in [5.74, 6) is 1.25. The molecule has 2 amide bonds. The van der Waals surface area contributed by atoms with Gasteiger partial charge in [-0.15, -0.1) is 5.10 Å². The summed E-state index contributed by atoms with van der Waals surface area (Å²) < 4.78 is 6.98. The third-order valence-electron chi connectivity index (χ3n) is 4.24. The van der Waals surface area contributed by atoms with Gasteiger partial charge in [-0.2, -0.15) is 10.1 Å². The van der Waals surface area contributed by atoms with Crippen molar-refractivity contribution in [2.45, 2.75) is 51.6 Å². The van der Waals surface area contributed by atoms with Gasteiger partial charge in [0, 0.05) is 19.2 Å². The van der Waals surface area contributed by atoms with E-state index < -0.39 is 0 Å². The number of amides is 2. The highest BCUT2D eigenvalue weighted by molar-refractivity contribution is 5.87. The van der Waals surface area contributed by atoms with Crippen molar-refractivity contribution >= 4 is 12.0 Å². The molecule has 0 aliphatic heterocycles. The zero-order valence-electron chi connectivity index (χ0n) is 14.9. The first kappa shape index (κ1) is 17.4. The van der Waals surface area contributed by atoms with Gasteiger partial charge < -0.3 is 10.1 Å². The zero-order valence-corrected chi connectivity index (χ0v) is 14.9. The van der Waals surface area contributed by atoms with Crippen LogP contribution in [-0.4, -0.2) is 44.7 Å². The van der Waals surface area contributed by atoms with Crippen LogP contribution >= 0.6 is 0 Å². The van der Waals surface area contributed by atoms with Crippen LogP contribution in [0.3, 0.4) is 0 Å². The predicted molar refractivity (Wildman–Crippen MR) is 92.4 cm³/mol. The van der Waals surface area contributed by atoms with E-state index in [2.05, 4.69) is 30.9 Å². The van der Waals surface area contributed by atoms with Crippen LogP contribution in [0.2, 0.25) is 0 Å². The molecule has 3 rings (SSSR count). The van der Waals surface area contributed by atoms with E-state index in [0.29, 0.717) is 13.2 Å². The molecule has 0 fully saturated rings. The number of aromatic amines is 1. The molecule has 1 unspecified atom stereocenters. The highest BCUT2D eigenvalue weighted by atomic mass is 16.5. The first-order chi connectivity index (χ1) is 12.1. The van der Waals surface area contributed by atoms with Crippen LogP contribution in [0.1, 0.15) is 55.7 Å². The highest BCUT2D eigenvalue weighted by Crippen LogP contribution is 2.28. The fourth-order valence-corrected chi connectivity index (χ4v) is 2.92. The third-order valence-corrected chi connectivity index (χ3v) is 4.24. The maximum absolute atomic E-state index is 12.3. The van der Waals surface area contributed by atoms with Crippen molar-refractivity contribution < 1.29 is 9.53 Å². The van der Waals surface area contributed by atoms with Crippen molar-refractivity contribution in [3.8, 4) is 0 Å². The number of aryl methyl sites for hydroxylation is 1. The highest BCUT2D eigenvalue weighted by Gasteiger charge is 2.25. The number of rotatable bonds is 6. The molecule has 136 valence electrons. The van der Waals surface area contributed by atoms with Gasteiger partial charge >= 0.3 is 6.03 Å². The van der Waals surface area contributed by atoms with Crippen LogP contribution in [0.15, 0.2) is 6.20 Å². The summed E-state index contributed by atoms with van der Waals surface area (Å²) in [6, 6.07) is -0.422. The van der Waals surface area contributed by atoms with Gasteiger partial charge in [0.1, 0.15) is 5.82 Å². The second kappa shape index (κ2) is 7.64. The summed E-state index contributed by atoms with van der Waals surface area (Å²) in [5.41, 5.74) is 2.13. The van der Waals surface area contributed by atoms with Crippen LogP contribution in [0.4, 0.5) is 10.7 Å². The Bertz CT molecular complexity index is 722. The molecule has 25 heavy (non-hydrogen) atoms. The molecule has 2 heterocycles. The number of carbonyl (C=O) groups is 1. The molecular formula is C16H25N7O2. The maximum atomic E-state index is 12.3. The number of urea groups is 1. The number of methoxy groups -OCH3 is 1. The van der Waals surface area contributed by atoms with Gasteiger partial charge in [-0.05, 0) is 24.8 Å². The van der Waals surface area contributed by atoms with Gasteiger partial charge in [-0.3, -0.25) is 15.1 Å². The molecule has 9 heteroatoms. The number of hydrogen-bond donors (Lipinski definition) is 3. The molecule has 0 spiro atoms. The third kappa shape index (κ3) is 4.16. The lowest BCUT2D eigenvalue weighted by Crippen LogP contribution is -2.34. The first-order valence-electron chi connectivity index (χ1n) is 8.61.